The van der Waals surface area contributed by atoms with Crippen molar-refractivity contribution in [2.24, 2.45) is 0 Å². The Morgan fingerprint density at radius 2 is 1.50 bits per heavy atom. The Labute approximate surface area is 138 Å². The van der Waals surface area contributed by atoms with Crippen LogP contribution in [0.1, 0.15) is 84.0 Å². The summed E-state index contributed by atoms with van der Waals surface area (Å²) in [5.41, 5.74) is 0. The second kappa shape index (κ2) is 13.8. The molecule has 1 aliphatic heterocycles. The molecule has 1 rings (SSSR count). The van der Waals surface area contributed by atoms with Gasteiger partial charge in [0.1, 0.15) is 0 Å². The lowest BCUT2D eigenvalue weighted by atomic mass is 10.0. The number of ether oxygens (including phenoxy) is 1. The third-order valence-electron chi connectivity index (χ3n) is 4.36. The second-order valence-electron chi connectivity index (χ2n) is 6.44. The van der Waals surface area contributed by atoms with Gasteiger partial charge in [-0.25, -0.2) is 0 Å². The molecule has 0 spiro atoms. The Balaban J connectivity index is 1.82. The maximum absolute atomic E-state index is 5.73. The van der Waals surface area contributed by atoms with Crippen LogP contribution >= 0.6 is 0 Å². The third kappa shape index (κ3) is 10.8. The lowest BCUT2D eigenvalue weighted by Gasteiger charge is -2.01. The highest BCUT2D eigenvalue weighted by molar-refractivity contribution is 5.02. The molecule has 1 fully saturated rings. The van der Waals surface area contributed by atoms with Crippen molar-refractivity contribution in [1.82, 2.24) is 0 Å². The van der Waals surface area contributed by atoms with E-state index in [0.717, 1.165) is 12.8 Å². The molecule has 0 amide bonds. The monoisotopic (exact) mass is 304 g/mol. The fourth-order valence-corrected chi connectivity index (χ4v) is 2.88. The predicted octanol–water partition coefficient (Wildman–Crippen LogP) is 6.75. The van der Waals surface area contributed by atoms with Crippen LogP contribution < -0.4 is 0 Å². The molecule has 1 aliphatic rings. The molecular formula is C21H36O. The maximum atomic E-state index is 5.73. The Morgan fingerprint density at radius 3 is 2.18 bits per heavy atom. The van der Waals surface area contributed by atoms with Crippen LogP contribution in [0.5, 0.6) is 0 Å². The van der Waals surface area contributed by atoms with Gasteiger partial charge in [0.05, 0.1) is 12.2 Å². The number of hydrogen-bond donors (Lipinski definition) is 0. The van der Waals surface area contributed by atoms with Crippen LogP contribution in [-0.4, -0.2) is 12.2 Å². The van der Waals surface area contributed by atoms with Crippen LogP contribution in [0, 0.1) is 0 Å². The highest BCUT2D eigenvalue weighted by Gasteiger charge is 2.36. The molecule has 0 aromatic rings. The summed E-state index contributed by atoms with van der Waals surface area (Å²) < 4.78 is 5.73. The SMILES string of the molecule is C=C/C=C\C/C=C\C[C@@H]1OC1CCCCCCCCCCC. The van der Waals surface area contributed by atoms with Crippen LogP contribution in [0.4, 0.5) is 0 Å². The topological polar surface area (TPSA) is 12.5 Å². The molecule has 0 bridgehead atoms. The highest BCUT2D eigenvalue weighted by atomic mass is 16.6. The van der Waals surface area contributed by atoms with E-state index in [1.54, 1.807) is 0 Å². The van der Waals surface area contributed by atoms with Gasteiger partial charge in [0.15, 0.2) is 0 Å². The van der Waals surface area contributed by atoms with E-state index in [1.807, 2.05) is 12.2 Å². The van der Waals surface area contributed by atoms with Crippen LogP contribution in [-0.2, 0) is 4.74 Å². The molecule has 1 heteroatoms. The van der Waals surface area contributed by atoms with Gasteiger partial charge in [-0.05, 0) is 19.3 Å². The molecule has 1 unspecified atom stereocenters. The van der Waals surface area contributed by atoms with Crippen molar-refractivity contribution in [2.45, 2.75) is 96.2 Å². The lowest BCUT2D eigenvalue weighted by molar-refractivity contribution is 0.358. The zero-order valence-corrected chi connectivity index (χ0v) is 14.6. The molecule has 0 aromatic heterocycles. The molecule has 1 heterocycles. The van der Waals surface area contributed by atoms with Crippen molar-refractivity contribution >= 4 is 0 Å². The maximum Gasteiger partial charge on any atom is 0.0876 e. The van der Waals surface area contributed by atoms with Crippen LogP contribution in [0.2, 0.25) is 0 Å². The first kappa shape index (κ1) is 19.2. The van der Waals surface area contributed by atoms with E-state index in [4.69, 9.17) is 4.74 Å². The van der Waals surface area contributed by atoms with Crippen LogP contribution in [0.15, 0.2) is 37.0 Å². The first-order valence-corrected chi connectivity index (χ1v) is 9.46. The Morgan fingerprint density at radius 1 is 0.818 bits per heavy atom. The summed E-state index contributed by atoms with van der Waals surface area (Å²) in [5, 5.41) is 0. The van der Waals surface area contributed by atoms with Crippen molar-refractivity contribution in [3.05, 3.63) is 37.0 Å². The summed E-state index contributed by atoms with van der Waals surface area (Å²) in [6, 6.07) is 0. The molecule has 126 valence electrons. The predicted molar refractivity (Wildman–Crippen MR) is 98.2 cm³/mol. The van der Waals surface area contributed by atoms with Gasteiger partial charge in [0.25, 0.3) is 0 Å². The van der Waals surface area contributed by atoms with E-state index in [2.05, 4.69) is 31.7 Å². The molecule has 1 saturated heterocycles. The minimum Gasteiger partial charge on any atom is -0.369 e. The minimum atomic E-state index is 0.508. The Bertz CT molecular complexity index is 316. The molecule has 2 atom stereocenters. The van der Waals surface area contributed by atoms with Gasteiger partial charge in [-0.3, -0.25) is 0 Å². The quantitative estimate of drug-likeness (QED) is 0.141. The number of hydrogen-bond acceptors (Lipinski definition) is 1. The molecule has 0 aliphatic carbocycles. The van der Waals surface area contributed by atoms with E-state index in [-0.39, 0.29) is 0 Å². The smallest absolute Gasteiger partial charge is 0.0876 e. The summed E-state index contributed by atoms with van der Waals surface area (Å²) >= 11 is 0. The summed E-state index contributed by atoms with van der Waals surface area (Å²) in [5.74, 6) is 0. The number of epoxide rings is 1. The molecule has 1 nitrogen and oxygen atoms in total. The van der Waals surface area contributed by atoms with Crippen molar-refractivity contribution in [2.75, 3.05) is 0 Å². The molecular weight excluding hydrogens is 268 g/mol. The van der Waals surface area contributed by atoms with Gasteiger partial charge in [-0.15, -0.1) is 0 Å². The zero-order chi connectivity index (χ0) is 15.9. The molecule has 0 radical (unpaired) electrons. The number of allylic oxidation sites excluding steroid dienone is 4. The Hall–Kier alpha value is -0.820. The number of rotatable bonds is 15. The standard InChI is InChI=1S/C21H36O/c1-3-5-7-9-11-12-13-15-17-19-21-20(22-21)18-16-14-10-8-6-4-2/h4,6,8,14,16,20-21H,2-3,5,7,9-13,15,17-19H2,1H3/b8-6-,16-14-/t20-,21?/m0/s1. The lowest BCUT2D eigenvalue weighted by Crippen LogP contribution is -1.93. The Kier molecular flexibility index (Phi) is 12.1. The molecule has 0 saturated carbocycles. The van der Waals surface area contributed by atoms with Gasteiger partial charge >= 0.3 is 0 Å². The fourth-order valence-electron chi connectivity index (χ4n) is 2.88. The van der Waals surface area contributed by atoms with Gasteiger partial charge in [-0.2, -0.15) is 0 Å². The second-order valence-corrected chi connectivity index (χ2v) is 6.44. The zero-order valence-electron chi connectivity index (χ0n) is 14.6. The van der Waals surface area contributed by atoms with E-state index in [1.165, 1.54) is 64.2 Å². The van der Waals surface area contributed by atoms with Crippen LogP contribution in [0.3, 0.4) is 0 Å². The van der Waals surface area contributed by atoms with Crippen molar-refractivity contribution in [3.8, 4) is 0 Å². The first-order valence-electron chi connectivity index (χ1n) is 9.46. The fraction of sp³-hybridized carbons (Fsp3) is 0.714. The summed E-state index contributed by atoms with van der Waals surface area (Å²) in [7, 11) is 0. The van der Waals surface area contributed by atoms with E-state index in [0.29, 0.717) is 12.2 Å². The largest absolute Gasteiger partial charge is 0.369 e. The van der Waals surface area contributed by atoms with Crippen molar-refractivity contribution in [3.63, 3.8) is 0 Å². The van der Waals surface area contributed by atoms with Gasteiger partial charge in [0, 0.05) is 0 Å². The summed E-state index contributed by atoms with van der Waals surface area (Å²) in [6.45, 7) is 5.94. The highest BCUT2D eigenvalue weighted by Crippen LogP contribution is 2.30. The van der Waals surface area contributed by atoms with Crippen LogP contribution in [0.25, 0.3) is 0 Å². The molecule has 22 heavy (non-hydrogen) atoms. The normalized spacial score (nSPS) is 21.0. The summed E-state index contributed by atoms with van der Waals surface area (Å²) in [4.78, 5) is 0. The number of unbranched alkanes of at least 4 members (excludes halogenated alkanes) is 8. The third-order valence-corrected chi connectivity index (χ3v) is 4.36. The van der Waals surface area contributed by atoms with Crippen molar-refractivity contribution < 1.29 is 4.74 Å². The molecule has 0 aromatic carbocycles. The van der Waals surface area contributed by atoms with Gasteiger partial charge in [0.2, 0.25) is 0 Å². The molecule has 0 N–H and O–H groups in total. The summed E-state index contributed by atoms with van der Waals surface area (Å²) in [6.07, 6.45) is 27.5. The van der Waals surface area contributed by atoms with E-state index >= 15 is 0 Å². The van der Waals surface area contributed by atoms with E-state index in [9.17, 15) is 0 Å². The minimum absolute atomic E-state index is 0.508. The van der Waals surface area contributed by atoms with Gasteiger partial charge in [-0.1, -0.05) is 102 Å². The first-order chi connectivity index (χ1) is 10.9. The van der Waals surface area contributed by atoms with Gasteiger partial charge < -0.3 is 4.74 Å². The average Bonchev–Trinajstić information content (AvgIpc) is 3.27. The van der Waals surface area contributed by atoms with E-state index < -0.39 is 0 Å². The van der Waals surface area contributed by atoms with Crippen molar-refractivity contribution in [1.29, 1.82) is 0 Å². The average molecular weight is 305 g/mol.